The molecule has 0 aromatic carbocycles. The van der Waals surface area contributed by atoms with E-state index in [1.807, 2.05) is 0 Å². The maximum atomic E-state index is 12.3. The Bertz CT molecular complexity index is 328. The number of aryl methyl sites for hydroxylation is 1. The minimum absolute atomic E-state index is 0.0158. The summed E-state index contributed by atoms with van der Waals surface area (Å²) >= 11 is 4.68. The monoisotopic (exact) mass is 216 g/mol. The molecule has 14 heavy (non-hydrogen) atoms. The highest BCUT2D eigenvalue weighted by Crippen LogP contribution is 2.18. The van der Waals surface area contributed by atoms with Crippen LogP contribution in [0.2, 0.25) is 0 Å². The van der Waals surface area contributed by atoms with E-state index in [1.165, 1.54) is 18.3 Å². The molecule has 0 aliphatic carbocycles. The van der Waals surface area contributed by atoms with Crippen LogP contribution >= 0.6 is 12.2 Å². The third-order valence-corrected chi connectivity index (χ3v) is 1.92. The summed E-state index contributed by atoms with van der Waals surface area (Å²) < 4.78 is 24.5. The van der Waals surface area contributed by atoms with Crippen LogP contribution in [0, 0.1) is 0 Å². The van der Waals surface area contributed by atoms with E-state index < -0.39 is 6.43 Å². The van der Waals surface area contributed by atoms with E-state index >= 15 is 0 Å². The summed E-state index contributed by atoms with van der Waals surface area (Å²) in [6.45, 7) is 0. The van der Waals surface area contributed by atoms with E-state index in [-0.39, 0.29) is 5.56 Å². The van der Waals surface area contributed by atoms with Gasteiger partial charge in [0.1, 0.15) is 0 Å². The molecule has 0 saturated heterocycles. The molecule has 1 aromatic rings. The van der Waals surface area contributed by atoms with Crippen molar-refractivity contribution >= 4 is 17.2 Å². The van der Waals surface area contributed by atoms with Gasteiger partial charge in [-0.05, 0) is 18.6 Å². The molecule has 2 nitrogen and oxygen atoms in total. The molecule has 0 fully saturated rings. The first kappa shape index (κ1) is 11.0. The molecule has 0 aliphatic rings. The van der Waals surface area contributed by atoms with Crippen LogP contribution in [0.25, 0.3) is 0 Å². The number of aromatic nitrogens is 1. The summed E-state index contributed by atoms with van der Waals surface area (Å²) in [6.07, 6.45) is -0.0806. The van der Waals surface area contributed by atoms with Crippen LogP contribution in [0.4, 0.5) is 8.78 Å². The van der Waals surface area contributed by atoms with Gasteiger partial charge < -0.3 is 5.73 Å². The summed E-state index contributed by atoms with van der Waals surface area (Å²) in [4.78, 5) is 4.31. The van der Waals surface area contributed by atoms with Gasteiger partial charge in [0.05, 0.1) is 4.99 Å². The van der Waals surface area contributed by atoms with Crippen LogP contribution in [0.15, 0.2) is 18.3 Å². The number of nitrogens with two attached hydrogens (primary N) is 1. The Kier molecular flexibility index (Phi) is 3.88. The smallest absolute Gasteiger partial charge is 0.263 e. The van der Waals surface area contributed by atoms with Crippen molar-refractivity contribution in [3.63, 3.8) is 0 Å². The van der Waals surface area contributed by atoms with Gasteiger partial charge in [-0.25, -0.2) is 8.78 Å². The predicted molar refractivity (Wildman–Crippen MR) is 54.3 cm³/mol. The molecule has 0 unspecified atom stereocenters. The summed E-state index contributed by atoms with van der Waals surface area (Å²) in [6, 6.07) is 2.68. The molecule has 76 valence electrons. The van der Waals surface area contributed by atoms with E-state index in [0.29, 0.717) is 23.5 Å². The second-order valence-corrected chi connectivity index (χ2v) is 3.37. The molecule has 1 rings (SSSR count). The molecule has 0 aliphatic heterocycles. The van der Waals surface area contributed by atoms with Gasteiger partial charge in [0, 0.05) is 23.9 Å². The fourth-order valence-corrected chi connectivity index (χ4v) is 1.12. The van der Waals surface area contributed by atoms with E-state index in [2.05, 4.69) is 17.2 Å². The quantitative estimate of drug-likeness (QED) is 0.784. The van der Waals surface area contributed by atoms with Crippen molar-refractivity contribution in [2.75, 3.05) is 0 Å². The van der Waals surface area contributed by atoms with Crippen molar-refractivity contribution in [3.05, 3.63) is 29.6 Å². The highest BCUT2D eigenvalue weighted by molar-refractivity contribution is 7.80. The Labute approximate surface area is 86.1 Å². The van der Waals surface area contributed by atoms with E-state index in [0.717, 1.165) is 0 Å². The third kappa shape index (κ3) is 3.33. The predicted octanol–water partition coefficient (Wildman–Crippen LogP) is 2.24. The topological polar surface area (TPSA) is 38.9 Å². The molecular formula is C9H10F2N2S. The summed E-state index contributed by atoms with van der Waals surface area (Å²) in [5.74, 6) is 0. The lowest BCUT2D eigenvalue weighted by atomic mass is 10.1. The SMILES string of the molecule is NC(=S)CCc1cc(C(F)F)ccn1. The molecule has 1 aromatic heterocycles. The lowest BCUT2D eigenvalue weighted by Crippen LogP contribution is -2.09. The second kappa shape index (κ2) is 4.95. The molecule has 0 spiro atoms. The molecule has 0 atom stereocenters. The molecule has 0 bridgehead atoms. The standard InChI is InChI=1S/C9H10F2N2S/c10-9(11)6-3-4-13-7(5-6)1-2-8(12)14/h3-5,9H,1-2H2,(H2,12,14). The molecular weight excluding hydrogens is 206 g/mol. The zero-order valence-electron chi connectivity index (χ0n) is 7.41. The van der Waals surface area contributed by atoms with E-state index in [1.54, 1.807) is 0 Å². The van der Waals surface area contributed by atoms with Gasteiger partial charge in [0.25, 0.3) is 6.43 Å². The van der Waals surface area contributed by atoms with Gasteiger partial charge in [0.15, 0.2) is 0 Å². The molecule has 1 heterocycles. The lowest BCUT2D eigenvalue weighted by Gasteiger charge is -2.02. The average molecular weight is 216 g/mol. The Hall–Kier alpha value is -1.10. The number of thiocarbonyl (C=S) groups is 1. The van der Waals surface area contributed by atoms with E-state index in [4.69, 9.17) is 5.73 Å². The van der Waals surface area contributed by atoms with Crippen LogP contribution in [0.3, 0.4) is 0 Å². The Morgan fingerprint density at radius 3 is 2.86 bits per heavy atom. The van der Waals surface area contributed by atoms with Gasteiger partial charge in [-0.3, -0.25) is 4.98 Å². The maximum absolute atomic E-state index is 12.3. The first-order valence-corrected chi connectivity index (χ1v) is 4.51. The number of rotatable bonds is 4. The lowest BCUT2D eigenvalue weighted by molar-refractivity contribution is 0.151. The summed E-state index contributed by atoms with van der Waals surface area (Å²) in [5, 5.41) is 0. The highest BCUT2D eigenvalue weighted by Gasteiger charge is 2.07. The van der Waals surface area contributed by atoms with Crippen molar-refractivity contribution in [2.24, 2.45) is 5.73 Å². The number of nitrogens with zero attached hydrogens (tertiary/aromatic N) is 1. The van der Waals surface area contributed by atoms with Crippen molar-refractivity contribution in [2.45, 2.75) is 19.3 Å². The molecule has 0 amide bonds. The second-order valence-electron chi connectivity index (χ2n) is 2.85. The molecule has 2 N–H and O–H groups in total. The zero-order valence-corrected chi connectivity index (χ0v) is 8.23. The number of hydrogen-bond donors (Lipinski definition) is 1. The van der Waals surface area contributed by atoms with Gasteiger partial charge in [0.2, 0.25) is 0 Å². The van der Waals surface area contributed by atoms with Gasteiger partial charge in [-0.1, -0.05) is 12.2 Å². The molecule has 0 radical (unpaired) electrons. The maximum Gasteiger partial charge on any atom is 0.263 e. The van der Waals surface area contributed by atoms with Crippen LogP contribution in [0.1, 0.15) is 24.1 Å². The number of halogens is 2. The van der Waals surface area contributed by atoms with Crippen LogP contribution in [-0.4, -0.2) is 9.97 Å². The van der Waals surface area contributed by atoms with Crippen molar-refractivity contribution in [3.8, 4) is 0 Å². The number of hydrogen-bond acceptors (Lipinski definition) is 2. The minimum atomic E-state index is -2.46. The molecule has 0 saturated carbocycles. The van der Waals surface area contributed by atoms with Crippen molar-refractivity contribution < 1.29 is 8.78 Å². The van der Waals surface area contributed by atoms with Crippen molar-refractivity contribution in [1.29, 1.82) is 0 Å². The third-order valence-electron chi connectivity index (χ3n) is 1.72. The Morgan fingerprint density at radius 2 is 2.29 bits per heavy atom. The number of alkyl halides is 2. The first-order valence-electron chi connectivity index (χ1n) is 4.11. The zero-order chi connectivity index (χ0) is 10.6. The summed E-state index contributed by atoms with van der Waals surface area (Å²) in [5.41, 5.74) is 5.87. The minimum Gasteiger partial charge on any atom is -0.393 e. The van der Waals surface area contributed by atoms with E-state index in [9.17, 15) is 8.78 Å². The normalized spacial score (nSPS) is 10.5. The highest BCUT2D eigenvalue weighted by atomic mass is 32.1. The van der Waals surface area contributed by atoms with Crippen LogP contribution in [0.5, 0.6) is 0 Å². The first-order chi connectivity index (χ1) is 6.59. The van der Waals surface area contributed by atoms with Gasteiger partial charge in [-0.2, -0.15) is 0 Å². The number of pyridine rings is 1. The fraction of sp³-hybridized carbons (Fsp3) is 0.333. The summed E-state index contributed by atoms with van der Waals surface area (Å²) in [7, 11) is 0. The van der Waals surface area contributed by atoms with Gasteiger partial charge in [-0.15, -0.1) is 0 Å². The fourth-order valence-electron chi connectivity index (χ4n) is 1.02. The van der Waals surface area contributed by atoms with Crippen LogP contribution < -0.4 is 5.73 Å². The Balaban J connectivity index is 2.68. The van der Waals surface area contributed by atoms with Gasteiger partial charge >= 0.3 is 0 Å². The Morgan fingerprint density at radius 1 is 1.57 bits per heavy atom. The largest absolute Gasteiger partial charge is 0.393 e. The molecule has 5 heteroatoms. The van der Waals surface area contributed by atoms with Crippen LogP contribution in [-0.2, 0) is 6.42 Å². The van der Waals surface area contributed by atoms with Crippen molar-refractivity contribution in [1.82, 2.24) is 4.98 Å². The average Bonchev–Trinajstić information content (AvgIpc) is 2.15.